The smallest absolute Gasteiger partial charge is 0.174 e. The summed E-state index contributed by atoms with van der Waals surface area (Å²) in [7, 11) is 0. The van der Waals surface area contributed by atoms with Gasteiger partial charge in [0, 0.05) is 19.5 Å². The minimum atomic E-state index is 0.00373. The second kappa shape index (κ2) is 5.15. The molecule has 0 amide bonds. The highest BCUT2D eigenvalue weighted by Crippen LogP contribution is 2.36. The molecule has 0 fully saturated rings. The molecule has 2 aliphatic rings. The second-order valence-corrected chi connectivity index (χ2v) is 5.78. The molecule has 1 aromatic heterocycles. The van der Waals surface area contributed by atoms with Gasteiger partial charge in [0.2, 0.25) is 0 Å². The van der Waals surface area contributed by atoms with Crippen LogP contribution < -0.4 is 10.1 Å². The summed E-state index contributed by atoms with van der Waals surface area (Å²) in [4.78, 5) is 0. The van der Waals surface area contributed by atoms with Crippen molar-refractivity contribution in [2.24, 2.45) is 0 Å². The number of hydrogen-bond donors (Lipinski definition) is 1. The minimum absolute atomic E-state index is 0.00373. The first kappa shape index (κ1) is 12.8. The molecule has 5 nitrogen and oxygen atoms in total. The summed E-state index contributed by atoms with van der Waals surface area (Å²) in [6.45, 7) is 4.10. The van der Waals surface area contributed by atoms with Crippen LogP contribution in [0, 0.1) is 0 Å². The SMILES string of the molecule is CCCC1NCCn2c1nnc2C1Cc2ccccc2O1. The Morgan fingerprint density at radius 1 is 1.29 bits per heavy atom. The Balaban J connectivity index is 1.63. The van der Waals surface area contributed by atoms with E-state index in [9.17, 15) is 0 Å². The third-order valence-corrected chi connectivity index (χ3v) is 4.36. The van der Waals surface area contributed by atoms with Crippen LogP contribution in [0.4, 0.5) is 0 Å². The number of aromatic nitrogens is 3. The molecule has 21 heavy (non-hydrogen) atoms. The van der Waals surface area contributed by atoms with E-state index in [4.69, 9.17) is 4.74 Å². The predicted octanol–water partition coefficient (Wildman–Crippen LogP) is 2.40. The van der Waals surface area contributed by atoms with E-state index in [1.54, 1.807) is 0 Å². The molecule has 110 valence electrons. The quantitative estimate of drug-likeness (QED) is 0.940. The van der Waals surface area contributed by atoms with Gasteiger partial charge in [-0.05, 0) is 18.1 Å². The number of para-hydroxylation sites is 1. The zero-order chi connectivity index (χ0) is 14.2. The molecular formula is C16H20N4O. The Bertz CT molecular complexity index is 626. The fourth-order valence-corrected chi connectivity index (χ4v) is 3.34. The first-order chi connectivity index (χ1) is 10.4. The fraction of sp³-hybridized carbons (Fsp3) is 0.500. The van der Waals surface area contributed by atoms with Crippen molar-refractivity contribution in [3.63, 3.8) is 0 Å². The number of fused-ring (bicyclic) bond motifs is 2. The average molecular weight is 284 g/mol. The van der Waals surface area contributed by atoms with Crippen LogP contribution in [0.15, 0.2) is 24.3 Å². The van der Waals surface area contributed by atoms with Gasteiger partial charge >= 0.3 is 0 Å². The largest absolute Gasteiger partial charge is 0.482 e. The van der Waals surface area contributed by atoms with Crippen LogP contribution in [-0.4, -0.2) is 21.3 Å². The monoisotopic (exact) mass is 284 g/mol. The van der Waals surface area contributed by atoms with Gasteiger partial charge in [0.05, 0.1) is 6.04 Å². The lowest BCUT2D eigenvalue weighted by Gasteiger charge is -2.25. The van der Waals surface area contributed by atoms with Gasteiger partial charge in [0.1, 0.15) is 11.6 Å². The molecule has 0 aliphatic carbocycles. The van der Waals surface area contributed by atoms with E-state index in [-0.39, 0.29) is 6.10 Å². The van der Waals surface area contributed by atoms with Gasteiger partial charge in [-0.2, -0.15) is 0 Å². The van der Waals surface area contributed by atoms with Crippen molar-refractivity contribution in [1.82, 2.24) is 20.1 Å². The zero-order valence-corrected chi connectivity index (χ0v) is 12.2. The maximum absolute atomic E-state index is 6.07. The fourth-order valence-electron chi connectivity index (χ4n) is 3.34. The van der Waals surface area contributed by atoms with Crippen molar-refractivity contribution in [2.45, 2.75) is 44.9 Å². The van der Waals surface area contributed by atoms with Crippen LogP contribution in [0.5, 0.6) is 5.75 Å². The van der Waals surface area contributed by atoms with Crippen molar-refractivity contribution < 1.29 is 4.74 Å². The van der Waals surface area contributed by atoms with Crippen molar-refractivity contribution in [3.05, 3.63) is 41.5 Å². The molecule has 1 aromatic carbocycles. The third-order valence-electron chi connectivity index (χ3n) is 4.36. The van der Waals surface area contributed by atoms with Gasteiger partial charge in [-0.3, -0.25) is 0 Å². The van der Waals surface area contributed by atoms with E-state index in [0.29, 0.717) is 6.04 Å². The molecule has 2 unspecified atom stereocenters. The molecule has 1 N–H and O–H groups in total. The van der Waals surface area contributed by atoms with Crippen LogP contribution in [0.2, 0.25) is 0 Å². The summed E-state index contributed by atoms with van der Waals surface area (Å²) >= 11 is 0. The van der Waals surface area contributed by atoms with Crippen LogP contribution in [-0.2, 0) is 13.0 Å². The van der Waals surface area contributed by atoms with Gasteiger partial charge in [-0.1, -0.05) is 31.5 Å². The maximum atomic E-state index is 6.07. The summed E-state index contributed by atoms with van der Waals surface area (Å²) in [6, 6.07) is 8.56. The lowest BCUT2D eigenvalue weighted by atomic mass is 10.1. The van der Waals surface area contributed by atoms with Gasteiger partial charge in [0.25, 0.3) is 0 Å². The normalized spacial score (nSPS) is 23.5. The van der Waals surface area contributed by atoms with E-state index in [0.717, 1.165) is 49.8 Å². The van der Waals surface area contributed by atoms with Crippen molar-refractivity contribution >= 4 is 0 Å². The van der Waals surface area contributed by atoms with Crippen LogP contribution in [0.25, 0.3) is 0 Å². The van der Waals surface area contributed by atoms with Gasteiger partial charge in [-0.25, -0.2) is 0 Å². The molecule has 5 heteroatoms. The lowest BCUT2D eigenvalue weighted by Crippen LogP contribution is -2.34. The van der Waals surface area contributed by atoms with E-state index in [2.05, 4.69) is 39.1 Å². The molecule has 2 atom stereocenters. The maximum Gasteiger partial charge on any atom is 0.174 e. The Kier molecular flexibility index (Phi) is 3.15. The summed E-state index contributed by atoms with van der Waals surface area (Å²) in [5.41, 5.74) is 1.26. The van der Waals surface area contributed by atoms with Crippen LogP contribution >= 0.6 is 0 Å². The average Bonchev–Trinajstić information content (AvgIpc) is 3.11. The van der Waals surface area contributed by atoms with E-state index >= 15 is 0 Å². The number of hydrogen-bond acceptors (Lipinski definition) is 4. The molecule has 0 bridgehead atoms. The molecule has 2 aromatic rings. The second-order valence-electron chi connectivity index (χ2n) is 5.78. The molecule has 2 aliphatic heterocycles. The first-order valence-electron chi connectivity index (χ1n) is 7.77. The highest BCUT2D eigenvalue weighted by atomic mass is 16.5. The Morgan fingerprint density at radius 3 is 3.00 bits per heavy atom. The van der Waals surface area contributed by atoms with Gasteiger partial charge < -0.3 is 14.6 Å². The third kappa shape index (κ3) is 2.12. The van der Waals surface area contributed by atoms with Crippen molar-refractivity contribution in [2.75, 3.05) is 6.54 Å². The summed E-state index contributed by atoms with van der Waals surface area (Å²) < 4.78 is 8.33. The summed E-state index contributed by atoms with van der Waals surface area (Å²) in [5.74, 6) is 3.03. The number of nitrogens with one attached hydrogen (secondary N) is 1. The highest BCUT2D eigenvalue weighted by molar-refractivity contribution is 5.38. The number of ether oxygens (including phenoxy) is 1. The minimum Gasteiger partial charge on any atom is -0.482 e. The number of rotatable bonds is 3. The lowest BCUT2D eigenvalue weighted by molar-refractivity contribution is 0.218. The van der Waals surface area contributed by atoms with E-state index in [1.165, 1.54) is 5.56 Å². The topological polar surface area (TPSA) is 52.0 Å². The van der Waals surface area contributed by atoms with Crippen molar-refractivity contribution in [3.8, 4) is 5.75 Å². The molecular weight excluding hydrogens is 264 g/mol. The summed E-state index contributed by atoms with van der Waals surface area (Å²) in [6.07, 6.45) is 3.14. The molecule has 0 radical (unpaired) electrons. The molecule has 0 spiro atoms. The Hall–Kier alpha value is -1.88. The molecule has 0 saturated carbocycles. The first-order valence-corrected chi connectivity index (χ1v) is 7.77. The van der Waals surface area contributed by atoms with E-state index in [1.807, 2.05) is 12.1 Å². The van der Waals surface area contributed by atoms with E-state index < -0.39 is 0 Å². The summed E-state index contributed by atoms with van der Waals surface area (Å²) in [5, 5.41) is 12.4. The zero-order valence-electron chi connectivity index (χ0n) is 12.2. The Morgan fingerprint density at radius 2 is 2.14 bits per heavy atom. The number of benzene rings is 1. The molecule has 3 heterocycles. The van der Waals surface area contributed by atoms with Gasteiger partial charge in [-0.15, -0.1) is 10.2 Å². The standard InChI is InChI=1S/C16H20N4O/c1-2-5-12-15-18-19-16(20(15)9-8-17-12)14-10-11-6-3-4-7-13(11)21-14/h3-4,6-7,12,14,17H,2,5,8-10H2,1H3. The van der Waals surface area contributed by atoms with Crippen molar-refractivity contribution in [1.29, 1.82) is 0 Å². The van der Waals surface area contributed by atoms with Gasteiger partial charge in [0.15, 0.2) is 11.9 Å². The Labute approximate surface area is 124 Å². The molecule has 0 saturated heterocycles. The van der Waals surface area contributed by atoms with Crippen LogP contribution in [0.1, 0.15) is 49.1 Å². The predicted molar refractivity (Wildman–Crippen MR) is 79.2 cm³/mol. The number of nitrogens with zero attached hydrogens (tertiary/aromatic N) is 3. The van der Waals surface area contributed by atoms with Crippen LogP contribution in [0.3, 0.4) is 0 Å². The molecule has 4 rings (SSSR count). The highest BCUT2D eigenvalue weighted by Gasteiger charge is 2.32.